The van der Waals surface area contributed by atoms with Crippen LogP contribution >= 0.6 is 23.4 Å². The molecule has 1 aromatic carbocycles. The number of nitrogens with one attached hydrogen (secondary N) is 1. The molecule has 0 radical (unpaired) electrons. The molecule has 1 amide bonds. The number of nitro groups is 1. The van der Waals surface area contributed by atoms with Crippen LogP contribution in [0.25, 0.3) is 0 Å². The number of carbonyl (C=O) groups excluding carboxylic acids is 1. The maximum atomic E-state index is 12.1. The monoisotopic (exact) mass is 317 g/mol. The molecule has 0 fully saturated rings. The smallest absolute Gasteiger partial charge is 0.271 e. The van der Waals surface area contributed by atoms with Crippen LogP contribution in [-0.2, 0) is 0 Å². The van der Waals surface area contributed by atoms with Gasteiger partial charge in [-0.1, -0.05) is 11.6 Å². The Bertz CT molecular complexity index is 525. The van der Waals surface area contributed by atoms with Crippen LogP contribution in [0.3, 0.4) is 0 Å². The molecule has 110 valence electrons. The Morgan fingerprint density at radius 3 is 2.80 bits per heavy atom. The predicted molar refractivity (Wildman–Crippen MR) is 82.4 cm³/mol. The van der Waals surface area contributed by atoms with Gasteiger partial charge in [-0.25, -0.2) is 0 Å². The van der Waals surface area contributed by atoms with Crippen molar-refractivity contribution < 1.29 is 9.72 Å². The van der Waals surface area contributed by atoms with Crippen LogP contribution in [-0.4, -0.2) is 28.9 Å². The van der Waals surface area contributed by atoms with E-state index in [4.69, 9.17) is 17.3 Å². The van der Waals surface area contributed by atoms with Gasteiger partial charge >= 0.3 is 0 Å². The number of halogens is 1. The van der Waals surface area contributed by atoms with Gasteiger partial charge in [0.1, 0.15) is 0 Å². The van der Waals surface area contributed by atoms with E-state index in [0.717, 1.165) is 24.3 Å². The fourth-order valence-corrected chi connectivity index (χ4v) is 2.37. The minimum absolute atomic E-state index is 0.00103. The maximum Gasteiger partial charge on any atom is 0.271 e. The van der Waals surface area contributed by atoms with Crippen LogP contribution in [0.4, 0.5) is 11.4 Å². The zero-order valence-electron chi connectivity index (χ0n) is 11.2. The average molecular weight is 318 g/mol. The number of nitro benzene ring substituents is 1. The Kier molecular flexibility index (Phi) is 6.09. The Labute approximate surface area is 126 Å². The molecule has 8 heteroatoms. The van der Waals surface area contributed by atoms with Gasteiger partial charge in [0.25, 0.3) is 11.6 Å². The minimum atomic E-state index is -0.612. The van der Waals surface area contributed by atoms with Crippen LogP contribution in [0, 0.1) is 10.1 Å². The summed E-state index contributed by atoms with van der Waals surface area (Å²) in [5, 5.41) is 13.5. The summed E-state index contributed by atoms with van der Waals surface area (Å²) >= 11 is 7.49. The topological polar surface area (TPSA) is 98.3 Å². The van der Waals surface area contributed by atoms with Crippen LogP contribution in [0.2, 0.25) is 5.02 Å². The molecular weight excluding hydrogens is 302 g/mol. The molecule has 0 spiro atoms. The summed E-state index contributed by atoms with van der Waals surface area (Å²) in [7, 11) is 0. The highest BCUT2D eigenvalue weighted by Gasteiger charge is 2.19. The first kappa shape index (κ1) is 16.6. The lowest BCUT2D eigenvalue weighted by molar-refractivity contribution is -0.384. The van der Waals surface area contributed by atoms with Crippen molar-refractivity contribution in [2.24, 2.45) is 0 Å². The SMILES string of the molecule is CSCCC(C)NC(=O)c1cc([N+](=O)[O-])cc(Cl)c1N. The number of amides is 1. The predicted octanol–water partition coefficient (Wildman–Crippen LogP) is 2.70. The third-order valence-electron chi connectivity index (χ3n) is 2.70. The summed E-state index contributed by atoms with van der Waals surface area (Å²) in [6.07, 6.45) is 2.78. The lowest BCUT2D eigenvalue weighted by atomic mass is 10.1. The second-order valence-corrected chi connectivity index (χ2v) is 5.69. The molecule has 0 aliphatic heterocycles. The first-order valence-corrected chi connectivity index (χ1v) is 7.67. The third-order valence-corrected chi connectivity index (χ3v) is 3.66. The lowest BCUT2D eigenvalue weighted by Crippen LogP contribution is -2.33. The molecular formula is C12H16ClN3O3S. The van der Waals surface area contributed by atoms with Gasteiger partial charge in [-0.3, -0.25) is 14.9 Å². The zero-order valence-corrected chi connectivity index (χ0v) is 12.8. The molecule has 0 aromatic heterocycles. The summed E-state index contributed by atoms with van der Waals surface area (Å²) in [6.45, 7) is 1.86. The standard InChI is InChI=1S/C12H16ClN3O3S/c1-7(3-4-20-2)15-12(17)9-5-8(16(18)19)6-10(13)11(9)14/h5-7H,3-4,14H2,1-2H3,(H,15,17). The molecule has 1 unspecified atom stereocenters. The molecule has 20 heavy (non-hydrogen) atoms. The van der Waals surface area contributed by atoms with Crippen LogP contribution in [0.5, 0.6) is 0 Å². The fourth-order valence-electron chi connectivity index (χ4n) is 1.57. The van der Waals surface area contributed by atoms with Gasteiger partial charge in [0.2, 0.25) is 0 Å². The Morgan fingerprint density at radius 1 is 1.60 bits per heavy atom. The number of nitrogens with zero attached hydrogens (tertiary/aromatic N) is 1. The van der Waals surface area contributed by atoms with E-state index in [1.54, 1.807) is 11.8 Å². The molecule has 1 rings (SSSR count). The summed E-state index contributed by atoms with van der Waals surface area (Å²) in [5.74, 6) is 0.453. The molecule has 6 nitrogen and oxygen atoms in total. The number of nitrogens with two attached hydrogens (primary N) is 1. The number of carbonyl (C=O) groups is 1. The highest BCUT2D eigenvalue weighted by Crippen LogP contribution is 2.28. The van der Waals surface area contributed by atoms with Gasteiger partial charge in [0.05, 0.1) is 21.2 Å². The molecule has 0 aliphatic carbocycles. The molecule has 0 saturated heterocycles. The average Bonchev–Trinajstić information content (AvgIpc) is 2.38. The van der Waals surface area contributed by atoms with Crippen molar-refractivity contribution in [3.05, 3.63) is 32.8 Å². The number of hydrogen-bond donors (Lipinski definition) is 2. The van der Waals surface area contributed by atoms with E-state index in [1.807, 2.05) is 13.2 Å². The van der Waals surface area contributed by atoms with Gasteiger partial charge in [0.15, 0.2) is 0 Å². The first-order chi connectivity index (χ1) is 9.36. The molecule has 1 atom stereocenters. The number of thioether (sulfide) groups is 1. The molecule has 0 aliphatic rings. The van der Waals surface area contributed by atoms with E-state index in [-0.39, 0.29) is 28.0 Å². The van der Waals surface area contributed by atoms with Crippen molar-refractivity contribution in [1.29, 1.82) is 0 Å². The van der Waals surface area contributed by atoms with Crippen molar-refractivity contribution in [2.45, 2.75) is 19.4 Å². The third kappa shape index (κ3) is 4.28. The highest BCUT2D eigenvalue weighted by atomic mass is 35.5. The van der Waals surface area contributed by atoms with Crippen molar-refractivity contribution in [2.75, 3.05) is 17.7 Å². The quantitative estimate of drug-likeness (QED) is 0.477. The van der Waals surface area contributed by atoms with Crippen LogP contribution in [0.15, 0.2) is 12.1 Å². The van der Waals surface area contributed by atoms with E-state index in [1.165, 1.54) is 0 Å². The van der Waals surface area contributed by atoms with Crippen molar-refractivity contribution in [1.82, 2.24) is 5.32 Å². The van der Waals surface area contributed by atoms with Crippen molar-refractivity contribution in [3.8, 4) is 0 Å². The summed E-state index contributed by atoms with van der Waals surface area (Å²) < 4.78 is 0. The molecule has 3 N–H and O–H groups in total. The van der Waals surface area contributed by atoms with E-state index in [0.29, 0.717) is 0 Å². The Balaban J connectivity index is 2.94. The minimum Gasteiger partial charge on any atom is -0.397 e. The number of hydrogen-bond acceptors (Lipinski definition) is 5. The molecule has 0 bridgehead atoms. The number of rotatable bonds is 6. The zero-order chi connectivity index (χ0) is 15.3. The highest BCUT2D eigenvalue weighted by molar-refractivity contribution is 7.98. The lowest BCUT2D eigenvalue weighted by Gasteiger charge is -2.14. The normalized spacial score (nSPS) is 11.9. The van der Waals surface area contributed by atoms with E-state index >= 15 is 0 Å². The van der Waals surface area contributed by atoms with E-state index < -0.39 is 10.8 Å². The second kappa shape index (κ2) is 7.35. The number of benzene rings is 1. The summed E-state index contributed by atoms with van der Waals surface area (Å²) in [5.41, 5.74) is 5.53. The van der Waals surface area contributed by atoms with Gasteiger partial charge in [-0.15, -0.1) is 0 Å². The number of anilines is 1. The number of nitrogen functional groups attached to an aromatic ring is 1. The van der Waals surface area contributed by atoms with Crippen LogP contribution < -0.4 is 11.1 Å². The maximum absolute atomic E-state index is 12.1. The number of non-ortho nitro benzene ring substituents is 1. The Morgan fingerprint density at radius 2 is 2.25 bits per heavy atom. The van der Waals surface area contributed by atoms with Crippen LogP contribution in [0.1, 0.15) is 23.7 Å². The molecule has 1 aromatic rings. The first-order valence-electron chi connectivity index (χ1n) is 5.90. The Hall–Kier alpha value is -1.47. The summed E-state index contributed by atoms with van der Waals surface area (Å²) in [6, 6.07) is 2.22. The second-order valence-electron chi connectivity index (χ2n) is 4.30. The van der Waals surface area contributed by atoms with E-state index in [9.17, 15) is 14.9 Å². The van der Waals surface area contributed by atoms with E-state index in [2.05, 4.69) is 5.32 Å². The van der Waals surface area contributed by atoms with Gasteiger partial charge in [-0.05, 0) is 25.4 Å². The van der Waals surface area contributed by atoms with Crippen molar-refractivity contribution in [3.63, 3.8) is 0 Å². The largest absolute Gasteiger partial charge is 0.397 e. The van der Waals surface area contributed by atoms with Gasteiger partial charge in [0, 0.05) is 18.2 Å². The molecule has 0 saturated carbocycles. The van der Waals surface area contributed by atoms with Crippen molar-refractivity contribution >= 4 is 40.6 Å². The molecule has 0 heterocycles. The van der Waals surface area contributed by atoms with Gasteiger partial charge < -0.3 is 11.1 Å². The van der Waals surface area contributed by atoms with Gasteiger partial charge in [-0.2, -0.15) is 11.8 Å². The fraction of sp³-hybridized carbons (Fsp3) is 0.417. The summed E-state index contributed by atoms with van der Waals surface area (Å²) in [4.78, 5) is 22.2.